The van der Waals surface area contributed by atoms with Crippen molar-refractivity contribution in [1.29, 1.82) is 0 Å². The second kappa shape index (κ2) is 7.20. The van der Waals surface area contributed by atoms with Gasteiger partial charge in [0.05, 0.1) is 11.6 Å². The van der Waals surface area contributed by atoms with Crippen LogP contribution in [-0.4, -0.2) is 28.6 Å². The van der Waals surface area contributed by atoms with E-state index in [4.69, 9.17) is 0 Å². The smallest absolute Gasteiger partial charge is 0.229 e. The summed E-state index contributed by atoms with van der Waals surface area (Å²) in [6.07, 6.45) is 5.30. The Kier molecular flexibility index (Phi) is 4.39. The minimum absolute atomic E-state index is 0.00862. The molecule has 2 aliphatic rings. The Hall–Kier alpha value is -3.41. The van der Waals surface area contributed by atoms with Gasteiger partial charge >= 0.3 is 0 Å². The van der Waals surface area contributed by atoms with E-state index in [-0.39, 0.29) is 24.2 Å². The number of aromatic amines is 1. The van der Waals surface area contributed by atoms with Crippen LogP contribution in [0.4, 0.5) is 11.4 Å². The van der Waals surface area contributed by atoms with Crippen LogP contribution in [0, 0.1) is 5.92 Å². The predicted molar refractivity (Wildman–Crippen MR) is 112 cm³/mol. The Morgan fingerprint density at radius 2 is 2.00 bits per heavy atom. The zero-order valence-electron chi connectivity index (χ0n) is 16.0. The van der Waals surface area contributed by atoms with Gasteiger partial charge in [-0.3, -0.25) is 14.7 Å². The second-order valence-electron chi connectivity index (χ2n) is 7.75. The number of carbonyl (C=O) groups excluding carboxylic acids is 2. The average Bonchev–Trinajstić information content (AvgIpc) is 3.48. The summed E-state index contributed by atoms with van der Waals surface area (Å²) >= 11 is 0. The highest BCUT2D eigenvalue weighted by atomic mass is 16.2. The van der Waals surface area contributed by atoms with Crippen molar-refractivity contribution in [3.05, 3.63) is 65.9 Å². The van der Waals surface area contributed by atoms with Gasteiger partial charge in [-0.15, -0.1) is 0 Å². The molecule has 0 radical (unpaired) electrons. The number of nitrogens with one attached hydrogen (secondary N) is 2. The van der Waals surface area contributed by atoms with E-state index >= 15 is 0 Å². The molecule has 146 valence electrons. The van der Waals surface area contributed by atoms with Crippen LogP contribution in [0.15, 0.2) is 54.7 Å². The number of fused-ring (bicyclic) bond motifs is 1. The maximum atomic E-state index is 12.8. The van der Waals surface area contributed by atoms with Gasteiger partial charge in [0.1, 0.15) is 0 Å². The molecule has 3 aromatic rings. The number of amides is 2. The van der Waals surface area contributed by atoms with E-state index in [1.54, 1.807) is 11.1 Å². The molecule has 0 spiro atoms. The Bertz CT molecular complexity index is 1070. The first kappa shape index (κ1) is 17.7. The first-order valence-electron chi connectivity index (χ1n) is 10.0. The second-order valence-corrected chi connectivity index (χ2v) is 7.75. The fourth-order valence-electron chi connectivity index (χ4n) is 4.28. The van der Waals surface area contributed by atoms with Crippen LogP contribution in [0.2, 0.25) is 0 Å². The van der Waals surface area contributed by atoms with E-state index in [2.05, 4.69) is 27.6 Å². The van der Waals surface area contributed by atoms with E-state index in [1.165, 1.54) is 17.5 Å². The maximum absolute atomic E-state index is 12.8. The number of anilines is 2. The van der Waals surface area contributed by atoms with Crippen molar-refractivity contribution in [3.63, 3.8) is 0 Å². The van der Waals surface area contributed by atoms with Gasteiger partial charge in [0.2, 0.25) is 11.8 Å². The Labute approximate surface area is 168 Å². The lowest BCUT2D eigenvalue weighted by Gasteiger charge is -2.18. The number of benzene rings is 2. The monoisotopic (exact) mass is 386 g/mol. The first-order valence-corrected chi connectivity index (χ1v) is 10.0. The topological polar surface area (TPSA) is 78.1 Å². The van der Waals surface area contributed by atoms with Gasteiger partial charge in [-0.25, -0.2) is 0 Å². The highest BCUT2D eigenvalue weighted by Gasteiger charge is 2.35. The van der Waals surface area contributed by atoms with Crippen LogP contribution in [-0.2, 0) is 22.4 Å². The molecule has 2 N–H and O–H groups in total. The van der Waals surface area contributed by atoms with Gasteiger partial charge in [-0.05, 0) is 60.7 Å². The van der Waals surface area contributed by atoms with Crippen molar-refractivity contribution in [3.8, 4) is 11.3 Å². The molecule has 1 atom stereocenters. The molecule has 1 aromatic heterocycles. The molecule has 0 bridgehead atoms. The molecule has 1 aliphatic carbocycles. The molecular formula is C23H22N4O2. The van der Waals surface area contributed by atoms with E-state index in [1.807, 2.05) is 36.4 Å². The summed E-state index contributed by atoms with van der Waals surface area (Å²) in [5.41, 5.74) is 6.17. The fourth-order valence-corrected chi connectivity index (χ4v) is 4.28. The number of hydrogen-bond acceptors (Lipinski definition) is 3. The Balaban J connectivity index is 1.29. The summed E-state index contributed by atoms with van der Waals surface area (Å²) in [5.74, 6) is -0.468. The lowest BCUT2D eigenvalue weighted by atomic mass is 10.1. The van der Waals surface area contributed by atoms with Crippen LogP contribution < -0.4 is 10.2 Å². The predicted octanol–water partition coefficient (Wildman–Crippen LogP) is 3.56. The van der Waals surface area contributed by atoms with Crippen molar-refractivity contribution >= 4 is 23.2 Å². The summed E-state index contributed by atoms with van der Waals surface area (Å²) in [7, 11) is 0. The molecular weight excluding hydrogens is 364 g/mol. The number of nitrogens with zero attached hydrogens (tertiary/aromatic N) is 2. The number of aromatic nitrogens is 2. The zero-order valence-corrected chi connectivity index (χ0v) is 16.0. The van der Waals surface area contributed by atoms with E-state index in [0.717, 1.165) is 29.8 Å². The van der Waals surface area contributed by atoms with Gasteiger partial charge in [0.15, 0.2) is 0 Å². The molecule has 2 heterocycles. The van der Waals surface area contributed by atoms with Crippen molar-refractivity contribution in [2.75, 3.05) is 16.8 Å². The SMILES string of the molecule is O=C(Nc1cccc(-c2ccn[nH]2)c1)C1CC(=O)N(c2ccc3c(c2)CCC3)C1. The molecule has 29 heavy (non-hydrogen) atoms. The molecule has 6 heteroatoms. The van der Waals surface area contributed by atoms with Crippen molar-refractivity contribution in [1.82, 2.24) is 10.2 Å². The van der Waals surface area contributed by atoms with Gasteiger partial charge in [0, 0.05) is 36.1 Å². The quantitative estimate of drug-likeness (QED) is 0.720. The lowest BCUT2D eigenvalue weighted by molar-refractivity contribution is -0.122. The molecule has 0 saturated carbocycles. The van der Waals surface area contributed by atoms with Crippen LogP contribution in [0.3, 0.4) is 0 Å². The summed E-state index contributed by atoms with van der Waals surface area (Å²) in [4.78, 5) is 27.2. The number of rotatable bonds is 4. The molecule has 1 aliphatic heterocycles. The highest BCUT2D eigenvalue weighted by Crippen LogP contribution is 2.31. The minimum atomic E-state index is -0.355. The third-order valence-corrected chi connectivity index (χ3v) is 5.83. The molecule has 1 unspecified atom stereocenters. The highest BCUT2D eigenvalue weighted by molar-refractivity contribution is 6.03. The molecule has 1 fully saturated rings. The molecule has 2 amide bonds. The van der Waals surface area contributed by atoms with Gasteiger partial charge in [0.25, 0.3) is 0 Å². The number of hydrogen-bond donors (Lipinski definition) is 2. The number of carbonyl (C=O) groups is 2. The van der Waals surface area contributed by atoms with Crippen molar-refractivity contribution in [2.45, 2.75) is 25.7 Å². The summed E-state index contributed by atoms with van der Waals surface area (Å²) in [5, 5.41) is 9.85. The maximum Gasteiger partial charge on any atom is 0.229 e. The Morgan fingerprint density at radius 3 is 2.86 bits per heavy atom. The van der Waals surface area contributed by atoms with Crippen LogP contribution in [0.25, 0.3) is 11.3 Å². The van der Waals surface area contributed by atoms with Crippen molar-refractivity contribution in [2.24, 2.45) is 5.92 Å². The largest absolute Gasteiger partial charge is 0.326 e. The fraction of sp³-hybridized carbons (Fsp3) is 0.261. The third-order valence-electron chi connectivity index (χ3n) is 5.83. The van der Waals surface area contributed by atoms with Gasteiger partial charge in [-0.2, -0.15) is 5.10 Å². The third kappa shape index (κ3) is 3.42. The standard InChI is InChI=1S/C23H22N4O2/c28-22-13-18(14-27(22)20-8-7-15-3-1-4-16(15)12-20)23(29)25-19-6-2-5-17(11-19)21-9-10-24-26-21/h2,5-12,18H,1,3-4,13-14H2,(H,24,26)(H,25,29). The minimum Gasteiger partial charge on any atom is -0.326 e. The number of H-pyrrole nitrogens is 1. The molecule has 1 saturated heterocycles. The summed E-state index contributed by atoms with van der Waals surface area (Å²) in [6, 6.07) is 15.7. The van der Waals surface area contributed by atoms with E-state index in [9.17, 15) is 9.59 Å². The number of aryl methyl sites for hydroxylation is 2. The Morgan fingerprint density at radius 1 is 1.10 bits per heavy atom. The molecule has 6 nitrogen and oxygen atoms in total. The van der Waals surface area contributed by atoms with E-state index in [0.29, 0.717) is 12.2 Å². The van der Waals surface area contributed by atoms with Crippen LogP contribution in [0.1, 0.15) is 24.0 Å². The first-order chi connectivity index (χ1) is 14.2. The summed E-state index contributed by atoms with van der Waals surface area (Å²) in [6.45, 7) is 0.420. The lowest BCUT2D eigenvalue weighted by Crippen LogP contribution is -2.28. The summed E-state index contributed by atoms with van der Waals surface area (Å²) < 4.78 is 0. The van der Waals surface area contributed by atoms with Gasteiger partial charge < -0.3 is 10.2 Å². The molecule has 2 aromatic carbocycles. The normalized spacial score (nSPS) is 18.1. The van der Waals surface area contributed by atoms with Crippen molar-refractivity contribution < 1.29 is 9.59 Å². The van der Waals surface area contributed by atoms with Gasteiger partial charge in [-0.1, -0.05) is 18.2 Å². The molecule has 5 rings (SSSR count). The van der Waals surface area contributed by atoms with Crippen LogP contribution in [0.5, 0.6) is 0 Å². The average molecular weight is 386 g/mol. The zero-order chi connectivity index (χ0) is 19.8. The van der Waals surface area contributed by atoms with E-state index < -0.39 is 0 Å². The van der Waals surface area contributed by atoms with Crippen LogP contribution >= 0.6 is 0 Å².